The number of methoxy groups -OCH3 is 1. The first kappa shape index (κ1) is 11.0. The van der Waals surface area contributed by atoms with Crippen molar-refractivity contribution >= 4 is 0 Å². The van der Waals surface area contributed by atoms with Crippen molar-refractivity contribution in [1.82, 2.24) is 0 Å². The summed E-state index contributed by atoms with van der Waals surface area (Å²) in [6.07, 6.45) is 8.05. The summed E-state index contributed by atoms with van der Waals surface area (Å²) < 4.78 is 4.97. The molecule has 0 atom stereocenters. The van der Waals surface area contributed by atoms with Gasteiger partial charge < -0.3 is 4.74 Å². The van der Waals surface area contributed by atoms with Crippen LogP contribution in [0.15, 0.2) is 36.1 Å². The second kappa shape index (κ2) is 6.71. The Morgan fingerprint density at radius 3 is 2.67 bits per heavy atom. The molecule has 0 aliphatic heterocycles. The van der Waals surface area contributed by atoms with Gasteiger partial charge in [0.1, 0.15) is 0 Å². The summed E-state index contributed by atoms with van der Waals surface area (Å²) >= 11 is 0. The Bertz CT molecular complexity index is 187. The first-order valence-electron chi connectivity index (χ1n) is 4.24. The Balaban J connectivity index is 3.70. The molecule has 1 nitrogen and oxygen atoms in total. The zero-order chi connectivity index (χ0) is 9.40. The van der Waals surface area contributed by atoms with Gasteiger partial charge in [0.15, 0.2) is 0 Å². The van der Waals surface area contributed by atoms with Gasteiger partial charge in [-0.3, -0.25) is 0 Å². The highest BCUT2D eigenvalue weighted by atomic mass is 16.5. The van der Waals surface area contributed by atoms with Crippen molar-refractivity contribution in [2.45, 2.75) is 26.7 Å². The Hall–Kier alpha value is -0.980. The molecular weight excluding hydrogens is 148 g/mol. The van der Waals surface area contributed by atoms with E-state index in [1.807, 2.05) is 19.1 Å². The van der Waals surface area contributed by atoms with Crippen LogP contribution in [0.25, 0.3) is 0 Å². The van der Waals surface area contributed by atoms with Crippen molar-refractivity contribution < 1.29 is 4.74 Å². The number of hydrogen-bond acceptors (Lipinski definition) is 1. The molecule has 0 bridgehead atoms. The third-order valence-electron chi connectivity index (χ3n) is 1.70. The van der Waals surface area contributed by atoms with Gasteiger partial charge in [-0.05, 0) is 25.8 Å². The minimum atomic E-state index is 0.924. The van der Waals surface area contributed by atoms with E-state index in [-0.39, 0.29) is 0 Å². The van der Waals surface area contributed by atoms with E-state index in [0.717, 1.165) is 18.6 Å². The van der Waals surface area contributed by atoms with Gasteiger partial charge in [0.25, 0.3) is 0 Å². The van der Waals surface area contributed by atoms with Crippen molar-refractivity contribution in [3.05, 3.63) is 36.1 Å². The lowest BCUT2D eigenvalue weighted by Crippen LogP contribution is -1.76. The number of rotatable bonds is 5. The first-order valence-corrected chi connectivity index (χ1v) is 4.24. The first-order chi connectivity index (χ1) is 5.70. The van der Waals surface area contributed by atoms with Crippen LogP contribution in [0.1, 0.15) is 26.7 Å². The predicted octanol–water partition coefficient (Wildman–Crippen LogP) is 3.45. The number of allylic oxidation sites excluding steroid dienone is 5. The Morgan fingerprint density at radius 2 is 2.17 bits per heavy atom. The number of ether oxygens (including phenoxy) is 1. The molecule has 0 saturated heterocycles. The summed E-state index contributed by atoms with van der Waals surface area (Å²) in [4.78, 5) is 0. The zero-order valence-corrected chi connectivity index (χ0v) is 8.26. The van der Waals surface area contributed by atoms with Gasteiger partial charge in [-0.1, -0.05) is 31.2 Å². The van der Waals surface area contributed by atoms with Crippen LogP contribution in [0.3, 0.4) is 0 Å². The summed E-state index contributed by atoms with van der Waals surface area (Å²) in [6, 6.07) is 0. The predicted molar refractivity (Wildman–Crippen MR) is 54.0 cm³/mol. The van der Waals surface area contributed by atoms with Crippen LogP contribution >= 0.6 is 0 Å². The Morgan fingerprint density at radius 1 is 1.50 bits per heavy atom. The normalized spacial score (nSPS) is 12.1. The summed E-state index contributed by atoms with van der Waals surface area (Å²) in [5.74, 6) is 0.924. The molecule has 0 rings (SSSR count). The monoisotopic (exact) mass is 166 g/mol. The average Bonchev–Trinajstić information content (AvgIpc) is 2.11. The lowest BCUT2D eigenvalue weighted by atomic mass is 10.1. The molecule has 0 unspecified atom stereocenters. The van der Waals surface area contributed by atoms with Crippen molar-refractivity contribution in [1.29, 1.82) is 0 Å². The van der Waals surface area contributed by atoms with Gasteiger partial charge in [-0.25, -0.2) is 0 Å². The summed E-state index contributed by atoms with van der Waals surface area (Å²) in [5.41, 5.74) is 1.26. The molecule has 0 aromatic heterocycles. The van der Waals surface area contributed by atoms with Gasteiger partial charge in [0.2, 0.25) is 0 Å². The fourth-order valence-corrected chi connectivity index (χ4v) is 0.651. The summed E-state index contributed by atoms with van der Waals surface area (Å²) in [6.45, 7) is 7.95. The third-order valence-corrected chi connectivity index (χ3v) is 1.70. The van der Waals surface area contributed by atoms with Gasteiger partial charge in [0.05, 0.1) is 12.9 Å². The van der Waals surface area contributed by atoms with E-state index in [1.54, 1.807) is 7.11 Å². The largest absolute Gasteiger partial charge is 0.501 e. The molecule has 0 N–H and O–H groups in total. The van der Waals surface area contributed by atoms with Crippen LogP contribution in [-0.2, 0) is 4.74 Å². The third kappa shape index (κ3) is 5.78. The highest BCUT2D eigenvalue weighted by Crippen LogP contribution is 2.03. The quantitative estimate of drug-likeness (QED) is 0.345. The average molecular weight is 166 g/mol. The van der Waals surface area contributed by atoms with Crippen molar-refractivity contribution in [3.8, 4) is 0 Å². The van der Waals surface area contributed by atoms with E-state index in [2.05, 4.69) is 19.6 Å². The topological polar surface area (TPSA) is 9.23 Å². The van der Waals surface area contributed by atoms with E-state index >= 15 is 0 Å². The zero-order valence-electron chi connectivity index (χ0n) is 8.26. The van der Waals surface area contributed by atoms with Gasteiger partial charge in [-0.2, -0.15) is 0 Å². The van der Waals surface area contributed by atoms with Gasteiger partial charge >= 0.3 is 0 Å². The molecule has 12 heavy (non-hydrogen) atoms. The van der Waals surface area contributed by atoms with Gasteiger partial charge in [0, 0.05) is 0 Å². The van der Waals surface area contributed by atoms with E-state index in [1.165, 1.54) is 5.57 Å². The van der Waals surface area contributed by atoms with Crippen LogP contribution in [0.4, 0.5) is 0 Å². The highest BCUT2D eigenvalue weighted by Gasteiger charge is 1.84. The smallest absolute Gasteiger partial charge is 0.0924 e. The standard InChI is InChI=1S/C11H18O/c1-5-10(2)8-6-7-9-11(3)12-4/h6-7,9H,2,5,8H2,1,3-4H3/b7-6?,11-9+. The van der Waals surface area contributed by atoms with E-state index < -0.39 is 0 Å². The molecule has 0 spiro atoms. The van der Waals surface area contributed by atoms with Crippen LogP contribution in [0, 0.1) is 0 Å². The van der Waals surface area contributed by atoms with Crippen LogP contribution in [-0.4, -0.2) is 7.11 Å². The molecule has 0 saturated carbocycles. The van der Waals surface area contributed by atoms with Gasteiger partial charge in [-0.15, -0.1) is 0 Å². The van der Waals surface area contributed by atoms with Crippen LogP contribution in [0.5, 0.6) is 0 Å². The van der Waals surface area contributed by atoms with E-state index in [0.29, 0.717) is 0 Å². The lowest BCUT2D eigenvalue weighted by Gasteiger charge is -1.95. The van der Waals surface area contributed by atoms with E-state index in [9.17, 15) is 0 Å². The van der Waals surface area contributed by atoms with E-state index in [4.69, 9.17) is 4.74 Å². The second-order valence-electron chi connectivity index (χ2n) is 2.72. The maximum atomic E-state index is 4.97. The van der Waals surface area contributed by atoms with Crippen molar-refractivity contribution in [2.24, 2.45) is 0 Å². The lowest BCUT2D eigenvalue weighted by molar-refractivity contribution is 0.294. The second-order valence-corrected chi connectivity index (χ2v) is 2.72. The van der Waals surface area contributed by atoms with Crippen LogP contribution in [0.2, 0.25) is 0 Å². The molecule has 0 amide bonds. The molecule has 68 valence electrons. The minimum absolute atomic E-state index is 0.924. The fraction of sp³-hybridized carbons (Fsp3) is 0.455. The molecule has 0 aromatic rings. The molecule has 0 aliphatic rings. The van der Waals surface area contributed by atoms with Crippen molar-refractivity contribution in [3.63, 3.8) is 0 Å². The fourth-order valence-electron chi connectivity index (χ4n) is 0.651. The summed E-state index contributed by atoms with van der Waals surface area (Å²) in [7, 11) is 1.67. The Labute approximate surface area is 75.4 Å². The highest BCUT2D eigenvalue weighted by molar-refractivity contribution is 5.09. The molecule has 0 fully saturated rings. The number of hydrogen-bond donors (Lipinski definition) is 0. The molecule has 0 aliphatic carbocycles. The molecule has 1 heteroatoms. The van der Waals surface area contributed by atoms with Crippen molar-refractivity contribution in [2.75, 3.05) is 7.11 Å². The molecular formula is C11H18O. The maximum Gasteiger partial charge on any atom is 0.0924 e. The maximum absolute atomic E-state index is 4.97. The molecule has 0 radical (unpaired) electrons. The Kier molecular flexibility index (Phi) is 6.16. The van der Waals surface area contributed by atoms with Crippen LogP contribution < -0.4 is 0 Å². The minimum Gasteiger partial charge on any atom is -0.501 e. The summed E-state index contributed by atoms with van der Waals surface area (Å²) in [5, 5.41) is 0. The SMILES string of the molecule is C=C(CC)CC=C/C=C(\C)OC. The molecule has 0 heterocycles. The molecule has 0 aromatic carbocycles.